The van der Waals surface area contributed by atoms with Gasteiger partial charge in [0.15, 0.2) is 0 Å². The number of ketones is 1. The molecule has 2 nitrogen and oxygen atoms in total. The molecule has 4 aliphatic rings. The number of ether oxygens (including phenoxy) is 1. The molecule has 4 saturated carbocycles. The molecule has 0 spiro atoms. The highest BCUT2D eigenvalue weighted by atomic mass is 16.5. The predicted octanol–water partition coefficient (Wildman–Crippen LogP) is 5.39. The third-order valence-corrected chi connectivity index (χ3v) is 8.83. The van der Waals surface area contributed by atoms with Crippen molar-refractivity contribution >= 4 is 5.78 Å². The van der Waals surface area contributed by atoms with E-state index >= 15 is 0 Å². The fourth-order valence-corrected chi connectivity index (χ4v) is 7.55. The number of rotatable bonds is 2. The highest BCUT2D eigenvalue weighted by Crippen LogP contribution is 2.66. The van der Waals surface area contributed by atoms with Crippen molar-refractivity contribution in [3.05, 3.63) is 0 Å². The Morgan fingerprint density at radius 1 is 0.958 bits per heavy atom. The Kier molecular flexibility index (Phi) is 4.14. The molecule has 2 heteroatoms. The molecule has 0 aromatic rings. The summed E-state index contributed by atoms with van der Waals surface area (Å²) in [7, 11) is 0. The molecule has 1 unspecified atom stereocenters. The fourth-order valence-electron chi connectivity index (χ4n) is 7.55. The number of hydrogen-bond acceptors (Lipinski definition) is 2. The second kappa shape index (κ2) is 5.83. The molecule has 0 radical (unpaired) electrons. The molecule has 0 aliphatic heterocycles. The summed E-state index contributed by atoms with van der Waals surface area (Å²) in [6.45, 7) is 9.45. The van der Waals surface area contributed by atoms with Crippen LogP contribution in [-0.2, 0) is 9.53 Å². The Labute approximate surface area is 148 Å². The number of carbonyl (C=O) groups is 1. The Hall–Kier alpha value is -0.370. The number of carbonyl (C=O) groups excluding carboxylic acids is 1. The molecule has 4 aliphatic carbocycles. The molecule has 0 aromatic carbocycles. The average molecular weight is 333 g/mol. The molecule has 4 fully saturated rings. The molecule has 0 aromatic heterocycles. The van der Waals surface area contributed by atoms with Gasteiger partial charge in [0.25, 0.3) is 0 Å². The van der Waals surface area contributed by atoms with Crippen molar-refractivity contribution in [2.75, 3.05) is 0 Å². The first kappa shape index (κ1) is 17.1. The van der Waals surface area contributed by atoms with E-state index in [9.17, 15) is 4.79 Å². The lowest BCUT2D eigenvalue weighted by Crippen LogP contribution is -2.54. The molecule has 4 rings (SSSR count). The van der Waals surface area contributed by atoms with Gasteiger partial charge in [0, 0.05) is 12.8 Å². The molecule has 24 heavy (non-hydrogen) atoms. The molecule has 136 valence electrons. The maximum Gasteiger partial charge on any atom is 0.133 e. The van der Waals surface area contributed by atoms with Crippen molar-refractivity contribution in [1.82, 2.24) is 0 Å². The first-order valence-corrected chi connectivity index (χ1v) is 10.5. The van der Waals surface area contributed by atoms with Gasteiger partial charge < -0.3 is 4.74 Å². The Balaban J connectivity index is 1.57. The van der Waals surface area contributed by atoms with Gasteiger partial charge in [-0.25, -0.2) is 0 Å². The minimum Gasteiger partial charge on any atom is -0.375 e. The lowest BCUT2D eigenvalue weighted by Gasteiger charge is -2.60. The monoisotopic (exact) mass is 332 g/mol. The highest BCUT2D eigenvalue weighted by Gasteiger charge is 2.60. The zero-order valence-electron chi connectivity index (χ0n) is 16.1. The van der Waals surface area contributed by atoms with E-state index in [1.807, 2.05) is 0 Å². The second-order valence-electron chi connectivity index (χ2n) is 10.2. The molecule has 0 amide bonds. The summed E-state index contributed by atoms with van der Waals surface area (Å²) in [4.78, 5) is 12.0. The Morgan fingerprint density at radius 3 is 2.46 bits per heavy atom. The third kappa shape index (κ3) is 2.42. The smallest absolute Gasteiger partial charge is 0.133 e. The quantitative estimate of drug-likeness (QED) is 0.677. The molecule has 0 N–H and O–H groups in total. The van der Waals surface area contributed by atoms with Crippen molar-refractivity contribution in [2.45, 2.75) is 97.7 Å². The van der Waals surface area contributed by atoms with E-state index in [0.29, 0.717) is 34.7 Å². The second-order valence-corrected chi connectivity index (χ2v) is 10.2. The van der Waals surface area contributed by atoms with Crippen molar-refractivity contribution in [2.24, 2.45) is 34.5 Å². The fraction of sp³-hybridized carbons (Fsp3) is 0.955. The lowest BCUT2D eigenvalue weighted by atomic mass is 9.45. The van der Waals surface area contributed by atoms with Crippen LogP contribution in [0.5, 0.6) is 0 Å². The van der Waals surface area contributed by atoms with Crippen molar-refractivity contribution in [3.8, 4) is 0 Å². The highest BCUT2D eigenvalue weighted by molar-refractivity contribution is 5.79. The van der Waals surface area contributed by atoms with Crippen LogP contribution in [0.2, 0.25) is 0 Å². The van der Waals surface area contributed by atoms with E-state index in [0.717, 1.165) is 37.0 Å². The van der Waals surface area contributed by atoms with Gasteiger partial charge in [0.2, 0.25) is 0 Å². The van der Waals surface area contributed by atoms with Gasteiger partial charge in [-0.2, -0.15) is 0 Å². The van der Waals surface area contributed by atoms with Crippen LogP contribution in [0.3, 0.4) is 0 Å². The zero-order chi connectivity index (χ0) is 17.1. The van der Waals surface area contributed by atoms with Crippen LogP contribution in [0.15, 0.2) is 0 Å². The topological polar surface area (TPSA) is 26.3 Å². The number of Topliss-reactive ketones (excluding diaryl/α,β-unsaturated/α-hetero) is 1. The van der Waals surface area contributed by atoms with E-state index in [1.165, 1.54) is 38.5 Å². The minimum absolute atomic E-state index is 0.348. The number of fused-ring (bicyclic) bond motifs is 5. The molecule has 0 saturated heterocycles. The summed E-state index contributed by atoms with van der Waals surface area (Å²) in [5.74, 6) is 3.81. The van der Waals surface area contributed by atoms with Gasteiger partial charge in [-0.15, -0.1) is 0 Å². The van der Waals surface area contributed by atoms with Gasteiger partial charge in [-0.1, -0.05) is 13.8 Å². The van der Waals surface area contributed by atoms with Gasteiger partial charge in [0.05, 0.1) is 12.2 Å². The van der Waals surface area contributed by atoms with Crippen LogP contribution >= 0.6 is 0 Å². The summed E-state index contributed by atoms with van der Waals surface area (Å²) in [5, 5.41) is 0. The standard InChI is InChI=1S/C22H36O2/c1-14(2)24-20-8-7-18-17-6-5-15-13-16(23)9-11-21(15,3)19(17)10-12-22(18,20)4/h14-15,17-20H,5-13H2,1-4H3/t15?,17-,18-,19-,20-,21-,22-/m0/s1. The van der Waals surface area contributed by atoms with Crippen molar-refractivity contribution < 1.29 is 9.53 Å². The summed E-state index contributed by atoms with van der Waals surface area (Å²) in [6, 6.07) is 0. The summed E-state index contributed by atoms with van der Waals surface area (Å²) >= 11 is 0. The van der Waals surface area contributed by atoms with E-state index < -0.39 is 0 Å². The van der Waals surface area contributed by atoms with Crippen molar-refractivity contribution in [3.63, 3.8) is 0 Å². The normalized spacial score (nSPS) is 51.2. The zero-order valence-corrected chi connectivity index (χ0v) is 16.1. The Bertz CT molecular complexity index is 512. The molecular formula is C22H36O2. The molecule has 0 bridgehead atoms. The molecule has 7 atom stereocenters. The van der Waals surface area contributed by atoms with Crippen LogP contribution in [0.1, 0.15) is 85.5 Å². The number of hydrogen-bond donors (Lipinski definition) is 0. The first-order valence-electron chi connectivity index (χ1n) is 10.5. The van der Waals surface area contributed by atoms with Crippen LogP contribution in [0.4, 0.5) is 0 Å². The first-order chi connectivity index (χ1) is 11.3. The SMILES string of the molecule is CC(C)O[C@H]1CC[C@H]2[C@@H]3CCC4CC(=O)CC[C@]4(C)[C@H]3CC[C@]12C. The minimum atomic E-state index is 0.348. The van der Waals surface area contributed by atoms with Crippen molar-refractivity contribution in [1.29, 1.82) is 0 Å². The maximum absolute atomic E-state index is 12.0. The lowest BCUT2D eigenvalue weighted by molar-refractivity contribution is -0.148. The van der Waals surface area contributed by atoms with Crippen LogP contribution < -0.4 is 0 Å². The van der Waals surface area contributed by atoms with E-state index in [1.54, 1.807) is 0 Å². The summed E-state index contributed by atoms with van der Waals surface area (Å²) in [5.41, 5.74) is 0.842. The third-order valence-electron chi connectivity index (χ3n) is 8.83. The van der Waals surface area contributed by atoms with E-state index in [-0.39, 0.29) is 0 Å². The van der Waals surface area contributed by atoms with Gasteiger partial charge in [-0.3, -0.25) is 4.79 Å². The van der Waals surface area contributed by atoms with Gasteiger partial charge >= 0.3 is 0 Å². The molecule has 0 heterocycles. The molecular weight excluding hydrogens is 296 g/mol. The van der Waals surface area contributed by atoms with Gasteiger partial charge in [0.1, 0.15) is 5.78 Å². The maximum atomic E-state index is 12.0. The largest absolute Gasteiger partial charge is 0.375 e. The van der Waals surface area contributed by atoms with E-state index in [2.05, 4.69) is 27.7 Å². The predicted molar refractivity (Wildman–Crippen MR) is 96.7 cm³/mol. The van der Waals surface area contributed by atoms with Gasteiger partial charge in [-0.05, 0) is 93.3 Å². The summed E-state index contributed by atoms with van der Waals surface area (Å²) in [6.07, 6.45) is 11.7. The van der Waals surface area contributed by atoms with E-state index in [4.69, 9.17) is 4.74 Å². The van der Waals surface area contributed by atoms with Crippen LogP contribution in [0.25, 0.3) is 0 Å². The summed E-state index contributed by atoms with van der Waals surface area (Å²) < 4.78 is 6.36. The average Bonchev–Trinajstić information content (AvgIpc) is 2.84. The van der Waals surface area contributed by atoms with Crippen LogP contribution in [-0.4, -0.2) is 18.0 Å². The Morgan fingerprint density at radius 2 is 1.71 bits per heavy atom. The van der Waals surface area contributed by atoms with Crippen LogP contribution in [0, 0.1) is 34.5 Å².